The molecule has 0 heterocycles. The number of rotatable bonds is 11. The van der Waals surface area contributed by atoms with Crippen molar-refractivity contribution in [3.63, 3.8) is 0 Å². The highest BCUT2D eigenvalue weighted by Gasteiger charge is 2.17. The van der Waals surface area contributed by atoms with Gasteiger partial charge in [0, 0.05) is 6.54 Å². The van der Waals surface area contributed by atoms with E-state index in [1.165, 1.54) is 21.3 Å². The zero-order chi connectivity index (χ0) is 18.7. The second-order valence-electron chi connectivity index (χ2n) is 5.27. The van der Waals surface area contributed by atoms with E-state index in [1.54, 1.807) is 12.1 Å². The standard InChI is InChI=1S/C17H27N3O5/c1-22-13-10-12(11-14(23-2)15(13)24-3)16(21)25-9-7-5-4-6-8-20-17(18)19/h10-11H,4-9H2,1-3H3,(H4,18,19,20). The molecule has 1 rings (SSSR count). The van der Waals surface area contributed by atoms with Crippen molar-refractivity contribution in [2.24, 2.45) is 16.5 Å². The Bertz CT molecular complexity index is 561. The van der Waals surface area contributed by atoms with E-state index in [0.29, 0.717) is 36.0 Å². The van der Waals surface area contributed by atoms with E-state index in [0.717, 1.165) is 25.7 Å². The minimum Gasteiger partial charge on any atom is -0.493 e. The van der Waals surface area contributed by atoms with E-state index < -0.39 is 5.97 Å². The fourth-order valence-corrected chi connectivity index (χ4v) is 2.22. The molecule has 1 aromatic carbocycles. The normalized spacial score (nSPS) is 10.0. The molecule has 1 aromatic rings. The number of carbonyl (C=O) groups is 1. The topological polar surface area (TPSA) is 118 Å². The smallest absolute Gasteiger partial charge is 0.338 e. The number of benzene rings is 1. The second kappa shape index (κ2) is 11.0. The predicted molar refractivity (Wildman–Crippen MR) is 95.5 cm³/mol. The van der Waals surface area contributed by atoms with Crippen molar-refractivity contribution in [2.75, 3.05) is 34.5 Å². The van der Waals surface area contributed by atoms with Crippen LogP contribution in [0.1, 0.15) is 36.0 Å². The van der Waals surface area contributed by atoms with Crippen molar-refractivity contribution in [2.45, 2.75) is 25.7 Å². The van der Waals surface area contributed by atoms with E-state index in [9.17, 15) is 4.79 Å². The molecule has 0 aliphatic rings. The summed E-state index contributed by atoms with van der Waals surface area (Å²) in [6.07, 6.45) is 3.58. The number of carbonyl (C=O) groups excluding carboxylic acids is 1. The fourth-order valence-electron chi connectivity index (χ4n) is 2.22. The molecule has 0 unspecified atom stereocenters. The van der Waals surface area contributed by atoms with Crippen molar-refractivity contribution in [1.82, 2.24) is 0 Å². The van der Waals surface area contributed by atoms with Gasteiger partial charge in [-0.2, -0.15) is 0 Å². The first-order valence-corrected chi connectivity index (χ1v) is 8.06. The third-order valence-electron chi connectivity index (χ3n) is 3.48. The minimum absolute atomic E-state index is 0.110. The van der Waals surface area contributed by atoms with Crippen LogP contribution in [0, 0.1) is 0 Å². The summed E-state index contributed by atoms with van der Waals surface area (Å²) >= 11 is 0. The van der Waals surface area contributed by atoms with E-state index >= 15 is 0 Å². The first-order valence-electron chi connectivity index (χ1n) is 8.06. The predicted octanol–water partition coefficient (Wildman–Crippen LogP) is 1.70. The summed E-state index contributed by atoms with van der Waals surface area (Å²) in [4.78, 5) is 16.1. The maximum atomic E-state index is 12.2. The van der Waals surface area contributed by atoms with Gasteiger partial charge in [-0.1, -0.05) is 6.42 Å². The van der Waals surface area contributed by atoms with Gasteiger partial charge < -0.3 is 30.4 Å². The Morgan fingerprint density at radius 3 is 2.08 bits per heavy atom. The van der Waals surface area contributed by atoms with E-state index in [-0.39, 0.29) is 5.96 Å². The van der Waals surface area contributed by atoms with Gasteiger partial charge in [-0.05, 0) is 31.4 Å². The van der Waals surface area contributed by atoms with Gasteiger partial charge in [0.2, 0.25) is 5.75 Å². The molecule has 0 saturated carbocycles. The summed E-state index contributed by atoms with van der Waals surface area (Å²) < 4.78 is 21.0. The summed E-state index contributed by atoms with van der Waals surface area (Å²) in [6.45, 7) is 0.964. The van der Waals surface area contributed by atoms with Gasteiger partial charge in [0.25, 0.3) is 0 Å². The Morgan fingerprint density at radius 1 is 0.960 bits per heavy atom. The maximum Gasteiger partial charge on any atom is 0.338 e. The Balaban J connectivity index is 2.46. The average Bonchev–Trinajstić information content (AvgIpc) is 2.61. The van der Waals surface area contributed by atoms with E-state index in [2.05, 4.69) is 4.99 Å². The number of guanidine groups is 1. The highest BCUT2D eigenvalue weighted by Crippen LogP contribution is 2.38. The molecular formula is C17H27N3O5. The zero-order valence-corrected chi connectivity index (χ0v) is 15.0. The van der Waals surface area contributed by atoms with Crippen LogP contribution in [0.5, 0.6) is 17.2 Å². The molecule has 8 heteroatoms. The fraction of sp³-hybridized carbons (Fsp3) is 0.529. The van der Waals surface area contributed by atoms with Gasteiger partial charge in [-0.3, -0.25) is 4.99 Å². The summed E-state index contributed by atoms with van der Waals surface area (Å²) in [5, 5.41) is 0. The van der Waals surface area contributed by atoms with Gasteiger partial charge >= 0.3 is 5.97 Å². The number of methoxy groups -OCH3 is 3. The lowest BCUT2D eigenvalue weighted by atomic mass is 10.1. The highest BCUT2D eigenvalue weighted by atomic mass is 16.5. The molecule has 25 heavy (non-hydrogen) atoms. The first kappa shape index (κ1) is 20.4. The lowest BCUT2D eigenvalue weighted by Crippen LogP contribution is -2.22. The number of aliphatic imine (C=N–C) groups is 1. The molecule has 0 aliphatic heterocycles. The summed E-state index contributed by atoms with van der Waals surface area (Å²) in [5.74, 6) is 0.934. The lowest BCUT2D eigenvalue weighted by Gasteiger charge is -2.13. The summed E-state index contributed by atoms with van der Waals surface area (Å²) in [7, 11) is 4.50. The third-order valence-corrected chi connectivity index (χ3v) is 3.48. The zero-order valence-electron chi connectivity index (χ0n) is 15.0. The molecule has 0 saturated heterocycles. The van der Waals surface area contributed by atoms with Crippen LogP contribution in [0.2, 0.25) is 0 Å². The van der Waals surface area contributed by atoms with Gasteiger partial charge in [-0.25, -0.2) is 4.79 Å². The van der Waals surface area contributed by atoms with Crippen molar-refractivity contribution in [3.8, 4) is 17.2 Å². The molecule has 0 amide bonds. The van der Waals surface area contributed by atoms with Crippen LogP contribution < -0.4 is 25.7 Å². The van der Waals surface area contributed by atoms with Crippen LogP contribution in [0.25, 0.3) is 0 Å². The Kier molecular flexibility index (Phi) is 8.99. The average molecular weight is 353 g/mol. The molecule has 4 N–H and O–H groups in total. The van der Waals surface area contributed by atoms with Crippen LogP contribution >= 0.6 is 0 Å². The molecule has 0 spiro atoms. The number of ether oxygens (including phenoxy) is 4. The second-order valence-corrected chi connectivity index (χ2v) is 5.27. The third kappa shape index (κ3) is 6.78. The molecule has 0 atom stereocenters. The molecule has 0 aliphatic carbocycles. The molecule has 0 aromatic heterocycles. The Morgan fingerprint density at radius 2 is 1.56 bits per heavy atom. The minimum atomic E-state index is -0.431. The molecule has 8 nitrogen and oxygen atoms in total. The molecule has 0 fully saturated rings. The van der Waals surface area contributed by atoms with Gasteiger partial charge in [0.05, 0.1) is 33.5 Å². The number of hydrogen-bond donors (Lipinski definition) is 2. The number of nitrogens with two attached hydrogens (primary N) is 2. The van der Waals surface area contributed by atoms with Crippen molar-refractivity contribution in [3.05, 3.63) is 17.7 Å². The molecule has 140 valence electrons. The summed E-state index contributed by atoms with van der Waals surface area (Å²) in [6, 6.07) is 3.14. The Labute approximate surface area is 148 Å². The number of unbranched alkanes of at least 4 members (excludes halogenated alkanes) is 3. The molecule has 0 bridgehead atoms. The monoisotopic (exact) mass is 353 g/mol. The maximum absolute atomic E-state index is 12.2. The van der Waals surface area contributed by atoms with E-state index in [4.69, 9.17) is 30.4 Å². The van der Waals surface area contributed by atoms with Crippen molar-refractivity contribution in [1.29, 1.82) is 0 Å². The summed E-state index contributed by atoms with van der Waals surface area (Å²) in [5.41, 5.74) is 10.8. The molecule has 0 radical (unpaired) electrons. The van der Waals surface area contributed by atoms with Gasteiger partial charge in [0.1, 0.15) is 0 Å². The Hall–Kier alpha value is -2.64. The van der Waals surface area contributed by atoms with Crippen LogP contribution in [-0.2, 0) is 4.74 Å². The highest BCUT2D eigenvalue weighted by molar-refractivity contribution is 5.91. The number of hydrogen-bond acceptors (Lipinski definition) is 6. The van der Waals surface area contributed by atoms with Gasteiger partial charge in [0.15, 0.2) is 17.5 Å². The first-order chi connectivity index (χ1) is 12.0. The van der Waals surface area contributed by atoms with Crippen molar-refractivity contribution >= 4 is 11.9 Å². The largest absolute Gasteiger partial charge is 0.493 e. The number of esters is 1. The lowest BCUT2D eigenvalue weighted by molar-refractivity contribution is 0.0497. The van der Waals surface area contributed by atoms with Gasteiger partial charge in [-0.15, -0.1) is 0 Å². The quantitative estimate of drug-likeness (QED) is 0.269. The van der Waals surface area contributed by atoms with Crippen molar-refractivity contribution < 1.29 is 23.7 Å². The SMILES string of the molecule is COc1cc(C(=O)OCCCCCCN=C(N)N)cc(OC)c1OC. The van der Waals surface area contributed by atoms with E-state index in [1.807, 2.05) is 0 Å². The van der Waals surface area contributed by atoms with Crippen LogP contribution in [-0.4, -0.2) is 46.4 Å². The van der Waals surface area contributed by atoms with Crippen LogP contribution in [0.3, 0.4) is 0 Å². The number of nitrogens with zero attached hydrogens (tertiary/aromatic N) is 1. The molecular weight excluding hydrogens is 326 g/mol. The van der Waals surface area contributed by atoms with Crippen LogP contribution in [0.4, 0.5) is 0 Å². The van der Waals surface area contributed by atoms with Crippen LogP contribution in [0.15, 0.2) is 17.1 Å².